The molecular formula is C16H22ClN3O. The van der Waals surface area contributed by atoms with Gasteiger partial charge in [0.15, 0.2) is 0 Å². The van der Waals surface area contributed by atoms with Gasteiger partial charge in [-0.25, -0.2) is 5.43 Å². The van der Waals surface area contributed by atoms with E-state index in [0.29, 0.717) is 6.04 Å². The Kier molecular flexibility index (Phi) is 4.48. The zero-order chi connectivity index (χ0) is 14.8. The zero-order valence-corrected chi connectivity index (χ0v) is 13.0. The third-order valence-corrected chi connectivity index (χ3v) is 4.49. The first-order valence-electron chi connectivity index (χ1n) is 7.67. The standard InChI is InChI=1S/C16H22ClN3O/c1-10(7-11-3-2-4-13(17)8-11)18-16(21)15-9-14(19-20-15)12-5-6-12/h2-4,8,10,12,14-15,19-20H,5-7,9H2,1H3,(H,18,21). The van der Waals surface area contributed by atoms with E-state index in [2.05, 4.69) is 16.2 Å². The molecule has 3 unspecified atom stereocenters. The van der Waals surface area contributed by atoms with Gasteiger partial charge in [-0.15, -0.1) is 0 Å². The van der Waals surface area contributed by atoms with Crippen molar-refractivity contribution in [3.8, 4) is 0 Å². The minimum atomic E-state index is -0.114. The van der Waals surface area contributed by atoms with E-state index in [4.69, 9.17) is 11.6 Å². The van der Waals surface area contributed by atoms with E-state index in [9.17, 15) is 4.79 Å². The molecule has 1 amide bonds. The molecule has 1 aromatic carbocycles. The number of benzene rings is 1. The molecule has 3 rings (SSSR count). The lowest BCUT2D eigenvalue weighted by atomic mass is 10.0. The lowest BCUT2D eigenvalue weighted by Crippen LogP contribution is -2.46. The van der Waals surface area contributed by atoms with Crippen molar-refractivity contribution >= 4 is 17.5 Å². The van der Waals surface area contributed by atoms with E-state index in [-0.39, 0.29) is 18.0 Å². The van der Waals surface area contributed by atoms with Crippen molar-refractivity contribution in [1.82, 2.24) is 16.2 Å². The molecule has 21 heavy (non-hydrogen) atoms. The fourth-order valence-electron chi connectivity index (χ4n) is 2.97. The molecule has 1 saturated carbocycles. The first kappa shape index (κ1) is 14.8. The van der Waals surface area contributed by atoms with Gasteiger partial charge in [-0.2, -0.15) is 0 Å². The monoisotopic (exact) mass is 307 g/mol. The van der Waals surface area contributed by atoms with E-state index < -0.39 is 0 Å². The summed E-state index contributed by atoms with van der Waals surface area (Å²) in [5.41, 5.74) is 7.52. The van der Waals surface area contributed by atoms with Crippen LogP contribution in [0.3, 0.4) is 0 Å². The number of halogens is 1. The molecule has 0 bridgehead atoms. The second kappa shape index (κ2) is 6.34. The van der Waals surface area contributed by atoms with Crippen molar-refractivity contribution in [3.63, 3.8) is 0 Å². The Labute approximate surface area is 130 Å². The largest absolute Gasteiger partial charge is 0.352 e. The van der Waals surface area contributed by atoms with Crippen LogP contribution >= 0.6 is 11.6 Å². The molecule has 1 saturated heterocycles. The highest BCUT2D eigenvalue weighted by Crippen LogP contribution is 2.35. The maximum atomic E-state index is 12.3. The molecule has 3 N–H and O–H groups in total. The number of hydrazine groups is 1. The predicted octanol–water partition coefficient (Wildman–Crippen LogP) is 2.03. The van der Waals surface area contributed by atoms with Gasteiger partial charge in [0.05, 0.1) is 0 Å². The van der Waals surface area contributed by atoms with Crippen molar-refractivity contribution < 1.29 is 4.79 Å². The quantitative estimate of drug-likeness (QED) is 0.780. The summed E-state index contributed by atoms with van der Waals surface area (Å²) in [6.45, 7) is 2.03. The Morgan fingerprint density at radius 1 is 1.43 bits per heavy atom. The van der Waals surface area contributed by atoms with E-state index in [1.807, 2.05) is 31.2 Å². The normalized spacial score (nSPS) is 26.6. The average molecular weight is 308 g/mol. The second-order valence-electron chi connectivity index (χ2n) is 6.26. The smallest absolute Gasteiger partial charge is 0.238 e. The molecule has 1 aromatic rings. The molecule has 0 spiro atoms. The average Bonchev–Trinajstić information content (AvgIpc) is 3.16. The third kappa shape index (κ3) is 3.96. The van der Waals surface area contributed by atoms with Crippen molar-refractivity contribution in [2.45, 2.75) is 50.7 Å². The van der Waals surface area contributed by atoms with Gasteiger partial charge in [-0.1, -0.05) is 23.7 Å². The van der Waals surface area contributed by atoms with E-state index in [1.54, 1.807) is 0 Å². The molecule has 3 atom stereocenters. The van der Waals surface area contributed by atoms with Crippen LogP contribution in [0.15, 0.2) is 24.3 Å². The minimum Gasteiger partial charge on any atom is -0.352 e. The third-order valence-electron chi connectivity index (χ3n) is 4.26. The lowest BCUT2D eigenvalue weighted by molar-refractivity contribution is -0.123. The first-order valence-corrected chi connectivity index (χ1v) is 8.05. The summed E-state index contributed by atoms with van der Waals surface area (Å²) in [4.78, 5) is 12.3. The van der Waals surface area contributed by atoms with Gasteiger partial charge < -0.3 is 5.32 Å². The van der Waals surface area contributed by atoms with Crippen LogP contribution in [0.25, 0.3) is 0 Å². The summed E-state index contributed by atoms with van der Waals surface area (Å²) in [6.07, 6.45) is 4.26. The van der Waals surface area contributed by atoms with Crippen LogP contribution in [0.1, 0.15) is 31.7 Å². The number of carbonyl (C=O) groups is 1. The van der Waals surface area contributed by atoms with Crippen LogP contribution in [0.2, 0.25) is 5.02 Å². The van der Waals surface area contributed by atoms with Crippen molar-refractivity contribution in [3.05, 3.63) is 34.9 Å². The Morgan fingerprint density at radius 3 is 2.95 bits per heavy atom. The maximum absolute atomic E-state index is 12.3. The van der Waals surface area contributed by atoms with Crippen molar-refractivity contribution in [1.29, 1.82) is 0 Å². The SMILES string of the molecule is CC(Cc1cccc(Cl)c1)NC(=O)C1CC(C2CC2)NN1. The van der Waals surface area contributed by atoms with Crippen LogP contribution in [0, 0.1) is 5.92 Å². The molecule has 114 valence electrons. The van der Waals surface area contributed by atoms with Gasteiger partial charge in [-0.3, -0.25) is 10.2 Å². The molecule has 5 heteroatoms. The fourth-order valence-corrected chi connectivity index (χ4v) is 3.19. The number of hydrogen-bond acceptors (Lipinski definition) is 3. The molecule has 4 nitrogen and oxygen atoms in total. The number of nitrogens with one attached hydrogen (secondary N) is 3. The van der Waals surface area contributed by atoms with Gasteiger partial charge in [0, 0.05) is 17.1 Å². The Morgan fingerprint density at radius 2 is 2.24 bits per heavy atom. The highest BCUT2D eigenvalue weighted by molar-refractivity contribution is 6.30. The molecule has 1 heterocycles. The van der Waals surface area contributed by atoms with Crippen LogP contribution in [0.5, 0.6) is 0 Å². The summed E-state index contributed by atoms with van der Waals surface area (Å²) in [5.74, 6) is 0.847. The van der Waals surface area contributed by atoms with Gasteiger partial charge >= 0.3 is 0 Å². The fraction of sp³-hybridized carbons (Fsp3) is 0.562. The van der Waals surface area contributed by atoms with Gasteiger partial charge in [-0.05, 0) is 56.2 Å². The van der Waals surface area contributed by atoms with E-state index in [0.717, 1.165) is 29.3 Å². The summed E-state index contributed by atoms with van der Waals surface area (Å²) in [6, 6.07) is 8.23. The lowest BCUT2D eigenvalue weighted by Gasteiger charge is -2.17. The molecule has 1 aliphatic heterocycles. The maximum Gasteiger partial charge on any atom is 0.238 e. The molecular weight excluding hydrogens is 286 g/mol. The Hall–Kier alpha value is -1.10. The number of carbonyl (C=O) groups excluding carboxylic acids is 1. The highest BCUT2D eigenvalue weighted by atomic mass is 35.5. The van der Waals surface area contributed by atoms with Gasteiger partial charge in [0.1, 0.15) is 6.04 Å². The highest BCUT2D eigenvalue weighted by Gasteiger charge is 2.38. The topological polar surface area (TPSA) is 53.2 Å². The van der Waals surface area contributed by atoms with E-state index in [1.165, 1.54) is 12.8 Å². The molecule has 0 radical (unpaired) electrons. The molecule has 0 aromatic heterocycles. The van der Waals surface area contributed by atoms with Gasteiger partial charge in [0.25, 0.3) is 0 Å². The molecule has 2 aliphatic rings. The van der Waals surface area contributed by atoms with Crippen LogP contribution in [-0.2, 0) is 11.2 Å². The Bertz CT molecular complexity index is 518. The first-order chi connectivity index (χ1) is 10.1. The van der Waals surface area contributed by atoms with Crippen LogP contribution < -0.4 is 16.2 Å². The number of hydrogen-bond donors (Lipinski definition) is 3. The number of amides is 1. The van der Waals surface area contributed by atoms with Crippen molar-refractivity contribution in [2.24, 2.45) is 5.92 Å². The Balaban J connectivity index is 1.48. The minimum absolute atomic E-state index is 0.0835. The van der Waals surface area contributed by atoms with Crippen LogP contribution in [-0.4, -0.2) is 24.0 Å². The summed E-state index contributed by atoms with van der Waals surface area (Å²) in [5, 5.41) is 3.82. The summed E-state index contributed by atoms with van der Waals surface area (Å²) < 4.78 is 0. The van der Waals surface area contributed by atoms with Gasteiger partial charge in [0.2, 0.25) is 5.91 Å². The zero-order valence-electron chi connectivity index (χ0n) is 12.2. The molecule has 2 fully saturated rings. The summed E-state index contributed by atoms with van der Waals surface area (Å²) in [7, 11) is 0. The van der Waals surface area contributed by atoms with E-state index >= 15 is 0 Å². The molecule has 1 aliphatic carbocycles. The summed E-state index contributed by atoms with van der Waals surface area (Å²) >= 11 is 5.98. The van der Waals surface area contributed by atoms with Crippen LogP contribution in [0.4, 0.5) is 0 Å². The number of rotatable bonds is 5. The second-order valence-corrected chi connectivity index (χ2v) is 6.70. The predicted molar refractivity (Wildman–Crippen MR) is 83.9 cm³/mol. The van der Waals surface area contributed by atoms with Crippen molar-refractivity contribution in [2.75, 3.05) is 0 Å².